The van der Waals surface area contributed by atoms with E-state index in [0.717, 1.165) is 19.5 Å². The molecule has 0 bridgehead atoms. The fourth-order valence-electron chi connectivity index (χ4n) is 2.83. The topological polar surface area (TPSA) is 40.6 Å². The van der Waals surface area contributed by atoms with E-state index in [9.17, 15) is 9.59 Å². The van der Waals surface area contributed by atoms with Crippen LogP contribution in [0.15, 0.2) is 60.7 Å². The van der Waals surface area contributed by atoms with Crippen LogP contribution in [0.4, 0.5) is 4.79 Å². The average Bonchev–Trinajstić information content (AvgIpc) is 2.73. The molecule has 0 aromatic heterocycles. The van der Waals surface area contributed by atoms with E-state index in [0.29, 0.717) is 12.8 Å². The molecule has 0 N–H and O–H groups in total. The fraction of sp³-hybridized carbons (Fsp3) is 0.176. The Balaban J connectivity index is 2.03. The molecule has 3 rings (SSSR count). The molecule has 1 fully saturated rings. The molecule has 2 aromatic rings. The Hall–Kier alpha value is -1.85. The van der Waals surface area contributed by atoms with Gasteiger partial charge in [0.05, 0.1) is 16.1 Å². The lowest BCUT2D eigenvalue weighted by molar-refractivity contribution is -0.128. The van der Waals surface area contributed by atoms with Crippen molar-refractivity contribution in [1.29, 1.82) is 0 Å². The number of hydrogen-bond donors (Lipinski definition) is 0. The van der Waals surface area contributed by atoms with Gasteiger partial charge in [-0.05, 0) is 11.1 Å². The van der Waals surface area contributed by atoms with Crippen LogP contribution in [0.3, 0.4) is 0 Å². The molecule has 0 atom stereocenters. The zero-order valence-corrected chi connectivity index (χ0v) is 14.5. The van der Waals surface area contributed by atoms with Gasteiger partial charge in [-0.2, -0.15) is 3.93 Å². The summed E-state index contributed by atoms with van der Waals surface area (Å²) in [5, 5.41) is 0. The normalized spacial score (nSPS) is 17.0. The zero-order valence-electron chi connectivity index (χ0n) is 12.2. The highest BCUT2D eigenvalue weighted by molar-refractivity contribution is 9.08. The Morgan fingerprint density at radius 2 is 1.30 bits per heavy atom. The first-order valence-corrected chi connectivity index (χ1v) is 8.17. The van der Waals surface area contributed by atoms with Crippen LogP contribution < -0.4 is 0 Å². The highest BCUT2D eigenvalue weighted by Crippen LogP contribution is 2.37. The third kappa shape index (κ3) is 2.86. The highest BCUT2D eigenvalue weighted by Gasteiger charge is 2.57. The molecule has 1 saturated heterocycles. The lowest BCUT2D eigenvalue weighted by Crippen LogP contribution is -2.49. The molecule has 1 aliphatic heterocycles. The van der Waals surface area contributed by atoms with Crippen LogP contribution in [0.1, 0.15) is 11.1 Å². The second kappa shape index (κ2) is 6.34. The lowest BCUT2D eigenvalue weighted by Gasteiger charge is -2.30. The van der Waals surface area contributed by atoms with Gasteiger partial charge in [-0.3, -0.25) is 4.79 Å². The van der Waals surface area contributed by atoms with E-state index in [4.69, 9.17) is 11.8 Å². The number of imide groups is 1. The molecule has 23 heavy (non-hydrogen) atoms. The lowest BCUT2D eigenvalue weighted by atomic mass is 9.84. The first-order valence-electron chi connectivity index (χ1n) is 7.13. The van der Waals surface area contributed by atoms with Gasteiger partial charge in [0, 0.05) is 24.6 Å². The SMILES string of the molecule is O=C1N(Br)C(=O)C(Cc2ccccc2)(Cc2ccccc2)N1Cl. The Morgan fingerprint density at radius 3 is 1.65 bits per heavy atom. The average molecular weight is 394 g/mol. The summed E-state index contributed by atoms with van der Waals surface area (Å²) in [7, 11) is 0. The van der Waals surface area contributed by atoms with Gasteiger partial charge in [-0.1, -0.05) is 60.7 Å². The fourth-order valence-corrected chi connectivity index (χ4v) is 3.68. The maximum atomic E-state index is 12.8. The number of carbonyl (C=O) groups is 2. The van der Waals surface area contributed by atoms with Gasteiger partial charge >= 0.3 is 6.03 Å². The molecule has 0 radical (unpaired) electrons. The summed E-state index contributed by atoms with van der Waals surface area (Å²) in [5.41, 5.74) is 0.737. The minimum Gasteiger partial charge on any atom is -0.271 e. The third-order valence-electron chi connectivity index (χ3n) is 3.97. The van der Waals surface area contributed by atoms with Crippen molar-refractivity contribution in [2.24, 2.45) is 0 Å². The predicted octanol–water partition coefficient (Wildman–Crippen LogP) is 3.94. The van der Waals surface area contributed by atoms with Crippen molar-refractivity contribution in [3.63, 3.8) is 0 Å². The molecule has 1 aliphatic rings. The van der Waals surface area contributed by atoms with E-state index in [1.54, 1.807) is 0 Å². The van der Waals surface area contributed by atoms with Gasteiger partial charge in [0.1, 0.15) is 5.54 Å². The number of urea groups is 1. The second-order valence-corrected chi connectivity index (χ2v) is 6.55. The van der Waals surface area contributed by atoms with Crippen LogP contribution in [0.2, 0.25) is 0 Å². The minimum atomic E-state index is -1.15. The van der Waals surface area contributed by atoms with Crippen LogP contribution in [-0.4, -0.2) is 25.8 Å². The quantitative estimate of drug-likeness (QED) is 0.583. The third-order valence-corrected chi connectivity index (χ3v) is 5.06. The molecule has 0 spiro atoms. The number of carbonyl (C=O) groups excluding carboxylic acids is 2. The molecule has 118 valence electrons. The summed E-state index contributed by atoms with van der Waals surface area (Å²) < 4.78 is 1.93. The van der Waals surface area contributed by atoms with Crippen LogP contribution in [-0.2, 0) is 17.6 Å². The minimum absolute atomic E-state index is 0.346. The maximum absolute atomic E-state index is 12.8. The van der Waals surface area contributed by atoms with E-state index in [2.05, 4.69) is 16.1 Å². The number of rotatable bonds is 4. The summed E-state index contributed by atoms with van der Waals surface area (Å²) in [6, 6.07) is 18.5. The molecule has 3 amide bonds. The van der Waals surface area contributed by atoms with Gasteiger partial charge < -0.3 is 0 Å². The Kier molecular flexibility index (Phi) is 4.41. The number of benzene rings is 2. The van der Waals surface area contributed by atoms with Crippen molar-refractivity contribution in [1.82, 2.24) is 8.34 Å². The van der Waals surface area contributed by atoms with Gasteiger partial charge in [-0.25, -0.2) is 9.21 Å². The summed E-state index contributed by atoms with van der Waals surface area (Å²) in [4.78, 5) is 25.0. The van der Waals surface area contributed by atoms with E-state index in [1.165, 1.54) is 0 Å². The van der Waals surface area contributed by atoms with Gasteiger partial charge in [0.2, 0.25) is 0 Å². The summed E-state index contributed by atoms with van der Waals surface area (Å²) >= 11 is 9.29. The monoisotopic (exact) mass is 392 g/mol. The van der Waals surface area contributed by atoms with Crippen LogP contribution in [0, 0.1) is 0 Å². The largest absolute Gasteiger partial charge is 0.352 e. The van der Waals surface area contributed by atoms with Crippen molar-refractivity contribution in [3.8, 4) is 0 Å². The van der Waals surface area contributed by atoms with Crippen molar-refractivity contribution >= 4 is 39.9 Å². The van der Waals surface area contributed by atoms with Crippen molar-refractivity contribution in [2.45, 2.75) is 18.4 Å². The summed E-state index contributed by atoms with van der Waals surface area (Å²) in [5.74, 6) is -0.356. The summed E-state index contributed by atoms with van der Waals surface area (Å²) in [6.07, 6.45) is 0.692. The van der Waals surface area contributed by atoms with Gasteiger partial charge in [-0.15, -0.1) is 0 Å². The number of nitrogens with zero attached hydrogens (tertiary/aromatic N) is 2. The maximum Gasteiger partial charge on any atom is 0.352 e. The number of halogens is 2. The molecular formula is C17H14BrClN2O2. The molecule has 2 aromatic carbocycles. The van der Waals surface area contributed by atoms with E-state index < -0.39 is 11.6 Å². The molecule has 0 saturated carbocycles. The number of amides is 3. The molecule has 0 unspecified atom stereocenters. The Labute approximate surface area is 148 Å². The van der Waals surface area contributed by atoms with Crippen LogP contribution in [0.25, 0.3) is 0 Å². The molecule has 0 aliphatic carbocycles. The Morgan fingerprint density at radius 1 is 0.870 bits per heavy atom. The summed E-state index contributed by atoms with van der Waals surface area (Å²) in [6.45, 7) is 0. The van der Waals surface area contributed by atoms with E-state index >= 15 is 0 Å². The predicted molar refractivity (Wildman–Crippen MR) is 91.9 cm³/mol. The second-order valence-electron chi connectivity index (χ2n) is 5.51. The highest BCUT2D eigenvalue weighted by atomic mass is 79.9. The first kappa shape index (κ1) is 16.0. The number of hydrogen-bond acceptors (Lipinski definition) is 2. The zero-order chi connectivity index (χ0) is 16.4. The van der Waals surface area contributed by atoms with Crippen molar-refractivity contribution in [2.75, 3.05) is 0 Å². The first-order chi connectivity index (χ1) is 11.0. The van der Waals surface area contributed by atoms with E-state index in [-0.39, 0.29) is 5.91 Å². The molecule has 1 heterocycles. The van der Waals surface area contributed by atoms with Crippen LogP contribution >= 0.6 is 27.9 Å². The Bertz CT molecular complexity index is 682. The van der Waals surface area contributed by atoms with Crippen molar-refractivity contribution < 1.29 is 9.59 Å². The smallest absolute Gasteiger partial charge is 0.271 e. The molecule has 6 heteroatoms. The standard InChI is InChI=1S/C17H14BrClN2O2/c18-20-15(22)17(21(19)16(20)23,11-13-7-3-1-4-8-13)12-14-9-5-2-6-10-14/h1-10H,11-12H2. The molecular weight excluding hydrogens is 380 g/mol. The molecule has 4 nitrogen and oxygen atoms in total. The van der Waals surface area contributed by atoms with Gasteiger partial charge in [0.15, 0.2) is 0 Å². The van der Waals surface area contributed by atoms with E-state index in [1.807, 2.05) is 60.7 Å². The van der Waals surface area contributed by atoms with Crippen molar-refractivity contribution in [3.05, 3.63) is 71.8 Å². The van der Waals surface area contributed by atoms with Crippen LogP contribution in [0.5, 0.6) is 0 Å². The van der Waals surface area contributed by atoms with Gasteiger partial charge in [0.25, 0.3) is 5.91 Å².